The van der Waals surface area contributed by atoms with E-state index in [9.17, 15) is 4.79 Å². The smallest absolute Gasteiger partial charge is 0.323 e. The van der Waals surface area contributed by atoms with Crippen molar-refractivity contribution in [1.82, 2.24) is 24.7 Å². The zero-order chi connectivity index (χ0) is 17.0. The zero-order valence-corrected chi connectivity index (χ0v) is 13.2. The van der Waals surface area contributed by atoms with Gasteiger partial charge in [0, 0.05) is 11.6 Å². The first-order valence-corrected chi connectivity index (χ1v) is 7.73. The van der Waals surface area contributed by atoms with Gasteiger partial charge in [0.2, 0.25) is 6.79 Å². The van der Waals surface area contributed by atoms with E-state index in [4.69, 9.17) is 9.47 Å². The van der Waals surface area contributed by atoms with Crippen LogP contribution < -0.4 is 15.2 Å². The highest BCUT2D eigenvalue weighted by molar-refractivity contribution is 5.80. The van der Waals surface area contributed by atoms with E-state index < -0.39 is 0 Å². The molecule has 0 fully saturated rings. The summed E-state index contributed by atoms with van der Waals surface area (Å²) in [5.74, 6) is 2.73. The molecule has 0 atom stereocenters. The third-order valence-electron chi connectivity index (χ3n) is 4.09. The summed E-state index contributed by atoms with van der Waals surface area (Å²) in [4.78, 5) is 21.5. The lowest BCUT2D eigenvalue weighted by Gasteiger charge is -2.07. The Morgan fingerprint density at radius 3 is 2.80 bits per heavy atom. The second-order valence-electron chi connectivity index (χ2n) is 5.77. The minimum Gasteiger partial charge on any atom is -0.454 e. The first-order chi connectivity index (χ1) is 12.2. The number of fused-ring (bicyclic) bond motifs is 2. The molecule has 0 amide bonds. The minimum atomic E-state index is -0.236. The number of nitrogens with zero attached hydrogens (tertiary/aromatic N) is 3. The van der Waals surface area contributed by atoms with E-state index >= 15 is 0 Å². The molecule has 0 aliphatic carbocycles. The van der Waals surface area contributed by atoms with Crippen LogP contribution in [-0.2, 0) is 0 Å². The van der Waals surface area contributed by atoms with Gasteiger partial charge in [-0.15, -0.1) is 0 Å². The van der Waals surface area contributed by atoms with Crippen LogP contribution in [0.2, 0.25) is 0 Å². The fraction of sp³-hybridized carbons (Fsp3) is 0.118. The Kier molecular flexibility index (Phi) is 2.75. The number of hydrogen-bond donors (Lipinski definition) is 2. The van der Waals surface area contributed by atoms with Crippen molar-refractivity contribution in [3.8, 4) is 28.6 Å². The Bertz CT molecular complexity index is 1170. The standard InChI is InChI=1S/C17H13N5O3/c1-9-18-16(10-2-4-12-13(6-10)20-17(23)19-12)22(21-9)11-3-5-14-15(7-11)25-8-24-14/h2-7H,8H2,1H3,(H2,19,20,23). The number of ether oxygens (including phenoxy) is 2. The van der Waals surface area contributed by atoms with Gasteiger partial charge in [-0.25, -0.2) is 14.5 Å². The van der Waals surface area contributed by atoms with Gasteiger partial charge in [0.05, 0.1) is 16.7 Å². The average molecular weight is 335 g/mol. The quantitative estimate of drug-likeness (QED) is 0.585. The molecule has 0 bridgehead atoms. The van der Waals surface area contributed by atoms with Crippen LogP contribution in [0.5, 0.6) is 11.5 Å². The third-order valence-corrected chi connectivity index (χ3v) is 4.09. The lowest BCUT2D eigenvalue weighted by atomic mass is 10.2. The maximum Gasteiger partial charge on any atom is 0.323 e. The predicted octanol–water partition coefficient (Wildman–Crippen LogP) is 2.14. The van der Waals surface area contributed by atoms with Crippen molar-refractivity contribution in [2.75, 3.05) is 6.79 Å². The molecule has 3 heterocycles. The molecule has 1 aliphatic heterocycles. The Morgan fingerprint density at radius 1 is 1.04 bits per heavy atom. The van der Waals surface area contributed by atoms with Gasteiger partial charge in [-0.3, -0.25) is 0 Å². The normalized spacial score (nSPS) is 12.8. The molecule has 0 radical (unpaired) electrons. The van der Waals surface area contributed by atoms with Crippen molar-refractivity contribution < 1.29 is 9.47 Å². The van der Waals surface area contributed by atoms with Gasteiger partial charge >= 0.3 is 5.69 Å². The summed E-state index contributed by atoms with van der Waals surface area (Å²) < 4.78 is 12.6. The number of hydrogen-bond acceptors (Lipinski definition) is 5. The Morgan fingerprint density at radius 2 is 1.88 bits per heavy atom. The lowest BCUT2D eigenvalue weighted by Crippen LogP contribution is -2.00. The van der Waals surface area contributed by atoms with E-state index in [1.807, 2.05) is 43.3 Å². The number of benzene rings is 2. The summed E-state index contributed by atoms with van der Waals surface area (Å²) in [5.41, 5.74) is 2.91. The second kappa shape index (κ2) is 4.97. The average Bonchev–Trinajstić information content (AvgIpc) is 3.29. The SMILES string of the molecule is Cc1nc(-c2ccc3[nH]c(=O)[nH]c3c2)n(-c2ccc3c(c2)OCO3)n1. The summed E-state index contributed by atoms with van der Waals surface area (Å²) in [7, 11) is 0. The van der Waals surface area contributed by atoms with Crippen LogP contribution in [0.4, 0.5) is 0 Å². The maximum absolute atomic E-state index is 11.5. The van der Waals surface area contributed by atoms with Crippen molar-refractivity contribution in [2.45, 2.75) is 6.92 Å². The first kappa shape index (κ1) is 13.8. The van der Waals surface area contributed by atoms with Gasteiger partial charge in [-0.2, -0.15) is 5.10 Å². The number of imidazole rings is 1. The van der Waals surface area contributed by atoms with Gasteiger partial charge in [0.25, 0.3) is 0 Å². The molecule has 8 heteroatoms. The Balaban J connectivity index is 1.67. The maximum atomic E-state index is 11.5. The predicted molar refractivity (Wildman–Crippen MR) is 90.1 cm³/mol. The van der Waals surface area contributed by atoms with Crippen molar-refractivity contribution >= 4 is 11.0 Å². The first-order valence-electron chi connectivity index (χ1n) is 7.73. The third kappa shape index (κ3) is 2.18. The molecule has 2 N–H and O–H groups in total. The molecular weight excluding hydrogens is 322 g/mol. The molecule has 5 rings (SSSR count). The minimum absolute atomic E-state index is 0.222. The molecule has 4 aromatic rings. The molecule has 0 unspecified atom stereocenters. The highest BCUT2D eigenvalue weighted by Crippen LogP contribution is 2.34. The van der Waals surface area contributed by atoms with Crippen LogP contribution in [0.25, 0.3) is 28.1 Å². The van der Waals surface area contributed by atoms with Gasteiger partial charge in [-0.05, 0) is 37.3 Å². The van der Waals surface area contributed by atoms with Crippen molar-refractivity contribution in [3.63, 3.8) is 0 Å². The Hall–Kier alpha value is -3.55. The monoisotopic (exact) mass is 335 g/mol. The fourth-order valence-corrected chi connectivity index (χ4v) is 2.97. The van der Waals surface area contributed by atoms with Gasteiger partial charge in [0.1, 0.15) is 5.82 Å². The van der Waals surface area contributed by atoms with E-state index in [-0.39, 0.29) is 12.5 Å². The summed E-state index contributed by atoms with van der Waals surface area (Å²) in [6.07, 6.45) is 0. The molecule has 0 saturated carbocycles. The van der Waals surface area contributed by atoms with E-state index in [1.54, 1.807) is 4.68 Å². The molecule has 0 spiro atoms. The fourth-order valence-electron chi connectivity index (χ4n) is 2.97. The molecule has 0 saturated heterocycles. The highest BCUT2D eigenvalue weighted by atomic mass is 16.7. The van der Waals surface area contributed by atoms with Gasteiger partial charge in [-0.1, -0.05) is 0 Å². The van der Waals surface area contributed by atoms with E-state index in [1.165, 1.54) is 0 Å². The van der Waals surface area contributed by atoms with Crippen LogP contribution in [0.15, 0.2) is 41.2 Å². The number of aromatic amines is 2. The summed E-state index contributed by atoms with van der Waals surface area (Å²) in [6.45, 7) is 2.06. The van der Waals surface area contributed by atoms with E-state index in [0.29, 0.717) is 23.1 Å². The number of H-pyrrole nitrogens is 2. The molecule has 1 aliphatic rings. The molecular formula is C17H13N5O3. The number of nitrogens with one attached hydrogen (secondary N) is 2. The van der Waals surface area contributed by atoms with Crippen molar-refractivity contribution in [2.24, 2.45) is 0 Å². The van der Waals surface area contributed by atoms with Crippen molar-refractivity contribution in [1.29, 1.82) is 0 Å². The van der Waals surface area contributed by atoms with Crippen LogP contribution in [0.3, 0.4) is 0 Å². The van der Waals surface area contributed by atoms with E-state index in [2.05, 4.69) is 20.1 Å². The number of aryl methyl sites for hydroxylation is 1. The molecule has 2 aromatic heterocycles. The zero-order valence-electron chi connectivity index (χ0n) is 13.2. The summed E-state index contributed by atoms with van der Waals surface area (Å²) in [6, 6.07) is 11.2. The molecule has 25 heavy (non-hydrogen) atoms. The van der Waals surface area contributed by atoms with Crippen molar-refractivity contribution in [3.05, 3.63) is 52.7 Å². The number of aromatic nitrogens is 5. The van der Waals surface area contributed by atoms with Crippen LogP contribution in [-0.4, -0.2) is 31.5 Å². The summed E-state index contributed by atoms with van der Waals surface area (Å²) in [5, 5.41) is 4.50. The van der Waals surface area contributed by atoms with Crippen LogP contribution in [0.1, 0.15) is 5.82 Å². The molecule has 2 aromatic carbocycles. The molecule has 8 nitrogen and oxygen atoms in total. The van der Waals surface area contributed by atoms with E-state index in [0.717, 1.165) is 22.3 Å². The highest BCUT2D eigenvalue weighted by Gasteiger charge is 2.17. The lowest BCUT2D eigenvalue weighted by molar-refractivity contribution is 0.174. The van der Waals surface area contributed by atoms with Gasteiger partial charge < -0.3 is 19.4 Å². The van der Waals surface area contributed by atoms with Crippen LogP contribution >= 0.6 is 0 Å². The van der Waals surface area contributed by atoms with Crippen LogP contribution in [0, 0.1) is 6.92 Å². The molecule has 124 valence electrons. The topological polar surface area (TPSA) is 97.8 Å². The summed E-state index contributed by atoms with van der Waals surface area (Å²) >= 11 is 0. The largest absolute Gasteiger partial charge is 0.454 e. The second-order valence-corrected chi connectivity index (χ2v) is 5.77. The van der Waals surface area contributed by atoms with Gasteiger partial charge in [0.15, 0.2) is 17.3 Å². The number of rotatable bonds is 2. The Labute approximate surface area is 141 Å².